The Morgan fingerprint density at radius 1 is 1.07 bits per heavy atom. The van der Waals surface area contributed by atoms with Crippen molar-refractivity contribution in [3.05, 3.63) is 59.2 Å². The van der Waals surface area contributed by atoms with E-state index in [-0.39, 0.29) is 5.91 Å². The zero-order valence-electron chi connectivity index (χ0n) is 16.4. The van der Waals surface area contributed by atoms with Crippen LogP contribution in [0.4, 0.5) is 0 Å². The Morgan fingerprint density at radius 3 is 2.50 bits per heavy atom. The first-order chi connectivity index (χ1) is 13.6. The number of aryl methyl sites for hydroxylation is 1. The van der Waals surface area contributed by atoms with Crippen LogP contribution in [0.1, 0.15) is 46.7 Å². The fraction of sp³-hybridized carbons (Fsp3) is 0.458. The summed E-state index contributed by atoms with van der Waals surface area (Å²) < 4.78 is 0. The van der Waals surface area contributed by atoms with E-state index in [4.69, 9.17) is 5.73 Å². The van der Waals surface area contributed by atoms with E-state index in [0.717, 1.165) is 5.56 Å². The van der Waals surface area contributed by atoms with Gasteiger partial charge in [-0.1, -0.05) is 30.3 Å². The number of piperidine rings is 1. The van der Waals surface area contributed by atoms with Crippen LogP contribution in [-0.2, 0) is 6.42 Å². The third-order valence-electron chi connectivity index (χ3n) is 7.11. The molecule has 1 unspecified atom stereocenters. The number of nitrogens with zero attached hydrogens (tertiary/aromatic N) is 1. The van der Waals surface area contributed by atoms with Gasteiger partial charge in [-0.3, -0.25) is 4.79 Å². The highest BCUT2D eigenvalue weighted by molar-refractivity contribution is 5.93. The molecule has 0 bridgehead atoms. The fourth-order valence-corrected chi connectivity index (χ4v) is 5.52. The maximum Gasteiger partial charge on any atom is 0.248 e. The zero-order valence-corrected chi connectivity index (χ0v) is 16.4. The van der Waals surface area contributed by atoms with E-state index in [1.54, 1.807) is 5.56 Å². The molecule has 2 aromatic carbocycles. The Bertz CT molecular complexity index is 875. The predicted octanol–water partition coefficient (Wildman–Crippen LogP) is 3.17. The van der Waals surface area contributed by atoms with Crippen LogP contribution in [0.2, 0.25) is 0 Å². The minimum atomic E-state index is -0.374. The van der Waals surface area contributed by atoms with Gasteiger partial charge >= 0.3 is 0 Å². The molecule has 5 rings (SSSR count). The number of primary amides is 1. The molecule has 3 aliphatic rings. The molecule has 0 radical (unpaired) electrons. The number of nitrogens with one attached hydrogen (secondary N) is 1. The van der Waals surface area contributed by atoms with Gasteiger partial charge in [0, 0.05) is 25.2 Å². The van der Waals surface area contributed by atoms with Gasteiger partial charge in [-0.25, -0.2) is 0 Å². The quantitative estimate of drug-likeness (QED) is 0.863. The SMILES string of the molecule is NC(=O)c1ccc(-c2ccc3c(c2)CCC3CN2CC3(CCNCC3)C2)cc1. The topological polar surface area (TPSA) is 58.4 Å². The maximum absolute atomic E-state index is 11.3. The van der Waals surface area contributed by atoms with Gasteiger partial charge in [-0.2, -0.15) is 0 Å². The van der Waals surface area contributed by atoms with E-state index in [0.29, 0.717) is 16.9 Å². The van der Waals surface area contributed by atoms with E-state index in [1.165, 1.54) is 69.5 Å². The van der Waals surface area contributed by atoms with Crippen molar-refractivity contribution in [3.63, 3.8) is 0 Å². The number of likely N-dealkylation sites (tertiary alicyclic amines) is 1. The normalized spacial score (nSPS) is 23.4. The van der Waals surface area contributed by atoms with Crippen LogP contribution in [0, 0.1) is 5.41 Å². The average molecular weight is 376 g/mol. The summed E-state index contributed by atoms with van der Waals surface area (Å²) >= 11 is 0. The number of carbonyl (C=O) groups is 1. The molecule has 4 nitrogen and oxygen atoms in total. The van der Waals surface area contributed by atoms with Crippen molar-refractivity contribution in [1.29, 1.82) is 0 Å². The highest BCUT2D eigenvalue weighted by Gasteiger charge is 2.44. The molecule has 1 aliphatic carbocycles. The van der Waals surface area contributed by atoms with E-state index >= 15 is 0 Å². The van der Waals surface area contributed by atoms with Crippen LogP contribution in [0.3, 0.4) is 0 Å². The Balaban J connectivity index is 1.26. The molecule has 0 aromatic heterocycles. The number of amides is 1. The lowest BCUT2D eigenvalue weighted by atomic mass is 9.72. The monoisotopic (exact) mass is 375 g/mol. The van der Waals surface area contributed by atoms with Gasteiger partial charge in [-0.05, 0) is 84.5 Å². The first-order valence-corrected chi connectivity index (χ1v) is 10.6. The Kier molecular flexibility index (Phi) is 4.48. The van der Waals surface area contributed by atoms with Gasteiger partial charge in [0.25, 0.3) is 0 Å². The van der Waals surface area contributed by atoms with Crippen molar-refractivity contribution in [2.24, 2.45) is 11.1 Å². The smallest absolute Gasteiger partial charge is 0.248 e. The fourth-order valence-electron chi connectivity index (χ4n) is 5.52. The summed E-state index contributed by atoms with van der Waals surface area (Å²) in [6.07, 6.45) is 5.14. The summed E-state index contributed by atoms with van der Waals surface area (Å²) in [5, 5.41) is 3.49. The van der Waals surface area contributed by atoms with Crippen LogP contribution >= 0.6 is 0 Å². The standard InChI is InChI=1S/C24H29N3O/c25-23(28)18-3-1-17(2-4-18)19-7-8-22-20(13-19)5-6-21(22)14-27-15-24(16-27)9-11-26-12-10-24/h1-4,7-8,13,21,26H,5-6,9-12,14-16H2,(H2,25,28). The third-order valence-corrected chi connectivity index (χ3v) is 7.11. The number of nitrogens with two attached hydrogens (primary N) is 1. The minimum Gasteiger partial charge on any atom is -0.366 e. The van der Waals surface area contributed by atoms with E-state index in [9.17, 15) is 4.79 Å². The molecule has 28 heavy (non-hydrogen) atoms. The van der Waals surface area contributed by atoms with Crippen LogP contribution in [0.25, 0.3) is 11.1 Å². The number of fused-ring (bicyclic) bond motifs is 1. The molecular formula is C24H29N3O. The number of hydrogen-bond donors (Lipinski definition) is 2. The molecule has 1 spiro atoms. The van der Waals surface area contributed by atoms with Gasteiger partial charge < -0.3 is 16.0 Å². The van der Waals surface area contributed by atoms with Crippen molar-refractivity contribution in [2.75, 3.05) is 32.7 Å². The molecule has 0 saturated carbocycles. The lowest BCUT2D eigenvalue weighted by molar-refractivity contribution is -0.0259. The molecule has 2 heterocycles. The second kappa shape index (κ2) is 7.02. The molecule has 3 N–H and O–H groups in total. The molecule has 2 fully saturated rings. The summed E-state index contributed by atoms with van der Waals surface area (Å²) in [6.45, 7) is 6.21. The molecule has 2 aromatic rings. The summed E-state index contributed by atoms with van der Waals surface area (Å²) in [5.74, 6) is 0.306. The second-order valence-corrected chi connectivity index (χ2v) is 9.01. The molecule has 146 valence electrons. The summed E-state index contributed by atoms with van der Waals surface area (Å²) in [6, 6.07) is 14.5. The Hall–Kier alpha value is -2.17. The average Bonchev–Trinajstić information content (AvgIpc) is 3.10. The molecule has 1 atom stereocenters. The van der Waals surface area contributed by atoms with Crippen LogP contribution in [0.15, 0.2) is 42.5 Å². The number of carbonyl (C=O) groups excluding carboxylic acids is 1. The van der Waals surface area contributed by atoms with Crippen molar-refractivity contribution in [2.45, 2.75) is 31.6 Å². The van der Waals surface area contributed by atoms with Gasteiger partial charge in [-0.15, -0.1) is 0 Å². The largest absolute Gasteiger partial charge is 0.366 e. The van der Waals surface area contributed by atoms with E-state index < -0.39 is 0 Å². The van der Waals surface area contributed by atoms with Crippen molar-refractivity contribution in [3.8, 4) is 11.1 Å². The first kappa shape index (κ1) is 17.9. The predicted molar refractivity (Wildman–Crippen MR) is 112 cm³/mol. The maximum atomic E-state index is 11.3. The number of rotatable bonds is 4. The minimum absolute atomic E-state index is 0.374. The Labute approximate surface area is 167 Å². The summed E-state index contributed by atoms with van der Waals surface area (Å²) in [7, 11) is 0. The number of benzene rings is 2. The van der Waals surface area contributed by atoms with Crippen LogP contribution < -0.4 is 11.1 Å². The van der Waals surface area contributed by atoms with E-state index in [1.807, 2.05) is 24.3 Å². The molecule has 2 aliphatic heterocycles. The third kappa shape index (κ3) is 3.25. The van der Waals surface area contributed by atoms with Gasteiger partial charge in [0.15, 0.2) is 0 Å². The molecular weight excluding hydrogens is 346 g/mol. The summed E-state index contributed by atoms with van der Waals surface area (Å²) in [5.41, 5.74) is 11.9. The Morgan fingerprint density at radius 2 is 1.79 bits per heavy atom. The lowest BCUT2D eigenvalue weighted by Gasteiger charge is -2.53. The van der Waals surface area contributed by atoms with E-state index in [2.05, 4.69) is 28.4 Å². The van der Waals surface area contributed by atoms with Crippen molar-refractivity contribution in [1.82, 2.24) is 10.2 Å². The lowest BCUT2D eigenvalue weighted by Crippen LogP contribution is -2.60. The number of hydrogen-bond acceptors (Lipinski definition) is 3. The zero-order chi connectivity index (χ0) is 19.1. The second-order valence-electron chi connectivity index (χ2n) is 9.01. The van der Waals surface area contributed by atoms with Crippen LogP contribution in [-0.4, -0.2) is 43.5 Å². The molecule has 2 saturated heterocycles. The van der Waals surface area contributed by atoms with Crippen molar-refractivity contribution >= 4 is 5.91 Å². The van der Waals surface area contributed by atoms with Gasteiger partial charge in [0.05, 0.1) is 0 Å². The highest BCUT2D eigenvalue weighted by atomic mass is 16.1. The molecule has 1 amide bonds. The molecule has 4 heteroatoms. The van der Waals surface area contributed by atoms with Crippen LogP contribution in [0.5, 0.6) is 0 Å². The summed E-state index contributed by atoms with van der Waals surface area (Å²) in [4.78, 5) is 14.0. The highest BCUT2D eigenvalue weighted by Crippen LogP contribution is 2.42. The van der Waals surface area contributed by atoms with Gasteiger partial charge in [0.2, 0.25) is 5.91 Å². The van der Waals surface area contributed by atoms with Crippen molar-refractivity contribution < 1.29 is 4.79 Å². The first-order valence-electron chi connectivity index (χ1n) is 10.6. The van der Waals surface area contributed by atoms with Gasteiger partial charge in [0.1, 0.15) is 0 Å².